The van der Waals surface area contributed by atoms with E-state index in [4.69, 9.17) is 7.11 Å². The molecule has 0 saturated carbocycles. The molecule has 0 heterocycles. The van der Waals surface area contributed by atoms with E-state index in [1.54, 1.807) is 6.92 Å². The van der Waals surface area contributed by atoms with Crippen LogP contribution in [-0.2, 0) is 9.47 Å². The lowest BCUT2D eigenvalue weighted by Crippen LogP contribution is -2.04. The van der Waals surface area contributed by atoms with E-state index >= 15 is 0 Å². The van der Waals surface area contributed by atoms with Crippen molar-refractivity contribution >= 4 is 0 Å². The van der Waals surface area contributed by atoms with Crippen molar-refractivity contribution < 1.29 is 9.47 Å². The summed E-state index contributed by atoms with van der Waals surface area (Å²) in [6, 6.07) is 0. The molecule has 0 fully saturated rings. The zero-order valence-corrected chi connectivity index (χ0v) is 3.89. The van der Waals surface area contributed by atoms with Gasteiger partial charge in [-0.05, 0) is 6.92 Å². The lowest BCUT2D eigenvalue weighted by molar-refractivity contribution is -0.0710. The van der Waals surface area contributed by atoms with Crippen molar-refractivity contribution in [1.29, 1.82) is 0 Å². The summed E-state index contributed by atoms with van der Waals surface area (Å²) in [6.45, 7) is 1.65. The van der Waals surface area contributed by atoms with Crippen molar-refractivity contribution in [1.82, 2.24) is 0 Å². The highest BCUT2D eigenvalue weighted by atomic mass is 16.7. The predicted molar refractivity (Wildman–Crippen MR) is 20.8 cm³/mol. The van der Waals surface area contributed by atoms with E-state index in [1.165, 1.54) is 7.11 Å². The molecule has 1 atom stereocenters. The Hall–Kier alpha value is -0.0800. The molecule has 0 N–H and O–H groups in total. The van der Waals surface area contributed by atoms with E-state index in [1.807, 2.05) is 0 Å². The SMILES string of the molecule is [C]OC(C)OC. The van der Waals surface area contributed by atoms with Gasteiger partial charge in [-0.25, -0.2) is 0 Å². The van der Waals surface area contributed by atoms with Gasteiger partial charge >= 0.3 is 0 Å². The molecule has 0 aromatic carbocycles. The Kier molecular flexibility index (Phi) is 3.08. The van der Waals surface area contributed by atoms with Gasteiger partial charge < -0.3 is 9.47 Å². The van der Waals surface area contributed by atoms with Crippen LogP contribution in [0.15, 0.2) is 0 Å². The summed E-state index contributed by atoms with van der Waals surface area (Å²) in [5.41, 5.74) is 0. The van der Waals surface area contributed by atoms with Crippen molar-refractivity contribution in [3.05, 3.63) is 7.11 Å². The van der Waals surface area contributed by atoms with Crippen LogP contribution in [0.3, 0.4) is 0 Å². The lowest BCUT2D eigenvalue weighted by Gasteiger charge is -2.01. The van der Waals surface area contributed by atoms with E-state index in [2.05, 4.69) is 9.47 Å². The minimum atomic E-state index is -0.398. The molecule has 0 aliphatic rings. The Labute approximate surface area is 38.1 Å². The standard InChI is InChI=1S/C4H7O2/c1-4(5-2)6-3/h4H,1-2H3. The fraction of sp³-hybridized carbons (Fsp3) is 0.750. The molecule has 35 valence electrons. The maximum absolute atomic E-state index is 6.18. The summed E-state index contributed by atoms with van der Waals surface area (Å²) in [6.07, 6.45) is -0.398. The monoisotopic (exact) mass is 87.0 g/mol. The van der Waals surface area contributed by atoms with Crippen LogP contribution < -0.4 is 0 Å². The first kappa shape index (κ1) is 5.92. The third-order valence-electron chi connectivity index (χ3n) is 0.498. The minimum absolute atomic E-state index is 0.398. The molecule has 3 radical (unpaired) electrons. The van der Waals surface area contributed by atoms with Crippen molar-refractivity contribution in [2.75, 3.05) is 7.11 Å². The molecule has 1 unspecified atom stereocenters. The molecule has 0 aromatic heterocycles. The quantitative estimate of drug-likeness (QED) is 0.458. The van der Waals surface area contributed by atoms with Gasteiger partial charge in [-0.1, -0.05) is 0 Å². The van der Waals surface area contributed by atoms with Crippen molar-refractivity contribution in [3.63, 3.8) is 0 Å². The van der Waals surface area contributed by atoms with Gasteiger partial charge in [-0.3, -0.25) is 0 Å². The maximum Gasteiger partial charge on any atom is 0.177 e. The first-order valence-electron chi connectivity index (χ1n) is 1.66. The number of ether oxygens (including phenoxy) is 2. The van der Waals surface area contributed by atoms with Crippen LogP contribution in [0, 0.1) is 7.11 Å². The average molecular weight is 87.1 g/mol. The summed E-state index contributed by atoms with van der Waals surface area (Å²) >= 11 is 0. The molecule has 2 heteroatoms. The van der Waals surface area contributed by atoms with Gasteiger partial charge in [0, 0.05) is 7.11 Å². The number of hydrogen-bond donors (Lipinski definition) is 0. The van der Waals surface area contributed by atoms with Crippen LogP contribution in [0.25, 0.3) is 0 Å². The smallest absolute Gasteiger partial charge is 0.177 e. The molecule has 2 nitrogen and oxygen atoms in total. The molecule has 0 spiro atoms. The van der Waals surface area contributed by atoms with Gasteiger partial charge in [0.25, 0.3) is 0 Å². The topological polar surface area (TPSA) is 18.5 Å². The van der Waals surface area contributed by atoms with Crippen molar-refractivity contribution in [2.45, 2.75) is 13.2 Å². The molecule has 0 aliphatic carbocycles. The predicted octanol–water partition coefficient (Wildman–Crippen LogP) is 0.541. The average Bonchev–Trinajstić information content (AvgIpc) is 1.65. The maximum atomic E-state index is 6.18. The van der Waals surface area contributed by atoms with Crippen LogP contribution in [0.5, 0.6) is 0 Å². The largest absolute Gasteiger partial charge is 0.356 e. The third kappa shape index (κ3) is 2.18. The summed E-state index contributed by atoms with van der Waals surface area (Å²) < 4.78 is 8.42. The minimum Gasteiger partial charge on any atom is -0.356 e. The molecule has 0 aromatic rings. The summed E-state index contributed by atoms with van der Waals surface area (Å²) in [4.78, 5) is 0. The number of rotatable bonds is 2. The Morgan fingerprint density at radius 2 is 2.17 bits per heavy atom. The Morgan fingerprint density at radius 1 is 1.67 bits per heavy atom. The highest BCUT2D eigenvalue weighted by molar-refractivity contribution is 4.21. The van der Waals surface area contributed by atoms with E-state index in [0.29, 0.717) is 0 Å². The van der Waals surface area contributed by atoms with Crippen LogP contribution in [0.4, 0.5) is 0 Å². The zero-order chi connectivity index (χ0) is 4.99. The van der Waals surface area contributed by atoms with Crippen LogP contribution in [0.1, 0.15) is 6.92 Å². The first-order valence-corrected chi connectivity index (χ1v) is 1.66. The van der Waals surface area contributed by atoms with E-state index in [9.17, 15) is 0 Å². The van der Waals surface area contributed by atoms with Crippen LogP contribution in [-0.4, -0.2) is 13.4 Å². The number of hydrogen-bond acceptors (Lipinski definition) is 2. The summed E-state index contributed by atoms with van der Waals surface area (Å²) in [5.74, 6) is 0. The van der Waals surface area contributed by atoms with Crippen molar-refractivity contribution in [2.24, 2.45) is 0 Å². The van der Waals surface area contributed by atoms with Crippen LogP contribution >= 0.6 is 0 Å². The van der Waals surface area contributed by atoms with Gasteiger partial charge in [0.05, 0.1) is 0 Å². The van der Waals surface area contributed by atoms with Gasteiger partial charge in [0.1, 0.15) is 0 Å². The highest BCUT2D eigenvalue weighted by Crippen LogP contribution is 1.84. The molecule has 6 heavy (non-hydrogen) atoms. The Bertz CT molecular complexity index is 24.7. The Balaban J connectivity index is 2.75. The second-order valence-corrected chi connectivity index (χ2v) is 0.921. The summed E-state index contributed by atoms with van der Waals surface area (Å²) in [7, 11) is 7.67. The molecule has 0 rings (SSSR count). The Morgan fingerprint density at radius 3 is 2.17 bits per heavy atom. The molecular formula is C4H7O2. The van der Waals surface area contributed by atoms with Gasteiger partial charge in [0.15, 0.2) is 13.4 Å². The second kappa shape index (κ2) is 3.12. The lowest BCUT2D eigenvalue weighted by atomic mass is 10.8. The molecule has 0 aliphatic heterocycles. The molecule has 0 saturated heterocycles. The van der Waals surface area contributed by atoms with Gasteiger partial charge in [-0.15, -0.1) is 0 Å². The van der Waals surface area contributed by atoms with E-state index < -0.39 is 6.29 Å². The zero-order valence-electron chi connectivity index (χ0n) is 3.89. The summed E-state index contributed by atoms with van der Waals surface area (Å²) in [5, 5.41) is 0. The fourth-order valence-electron chi connectivity index (χ4n) is 0.0481. The normalized spacial score (nSPS) is 10.0. The van der Waals surface area contributed by atoms with Gasteiger partial charge in [-0.2, -0.15) is 0 Å². The van der Waals surface area contributed by atoms with Crippen molar-refractivity contribution in [3.8, 4) is 0 Å². The molecular weight excluding hydrogens is 80.0 g/mol. The third-order valence-corrected chi connectivity index (χ3v) is 0.498. The van der Waals surface area contributed by atoms with Crippen LogP contribution in [0.2, 0.25) is 0 Å². The van der Waals surface area contributed by atoms with E-state index in [0.717, 1.165) is 0 Å². The fourth-order valence-corrected chi connectivity index (χ4v) is 0.0481. The molecule has 0 bridgehead atoms. The first-order chi connectivity index (χ1) is 2.81. The second-order valence-electron chi connectivity index (χ2n) is 0.921. The highest BCUT2D eigenvalue weighted by Gasteiger charge is 1.89. The van der Waals surface area contributed by atoms with Gasteiger partial charge in [0.2, 0.25) is 0 Å². The van der Waals surface area contributed by atoms with E-state index in [-0.39, 0.29) is 0 Å². The number of methoxy groups -OCH3 is 1. The molecule has 0 amide bonds.